The van der Waals surface area contributed by atoms with Crippen LogP contribution in [0.25, 0.3) is 0 Å². The second kappa shape index (κ2) is 12.6. The number of nitrogens with zero attached hydrogens (tertiary/aromatic N) is 2. The predicted octanol–water partition coefficient (Wildman–Crippen LogP) is 5.42. The van der Waals surface area contributed by atoms with Crippen LogP contribution in [0.4, 0.5) is 0 Å². The molecule has 2 aromatic carbocycles. The molecule has 0 radical (unpaired) electrons. The summed E-state index contributed by atoms with van der Waals surface area (Å²) in [6.45, 7) is 13.9. The molecule has 0 spiro atoms. The number of morpholine rings is 1. The third-order valence-corrected chi connectivity index (χ3v) is 7.12. The van der Waals surface area contributed by atoms with Crippen molar-refractivity contribution in [2.24, 2.45) is 0 Å². The van der Waals surface area contributed by atoms with Crippen molar-refractivity contribution in [2.75, 3.05) is 59.3 Å². The average Bonchev–Trinajstić information content (AvgIpc) is 2.85. The van der Waals surface area contributed by atoms with Crippen LogP contribution in [0.5, 0.6) is 5.75 Å². The number of fused-ring (bicyclic) bond motifs is 1. The Hall–Kier alpha value is -1.53. The van der Waals surface area contributed by atoms with Crippen molar-refractivity contribution in [2.45, 2.75) is 44.6 Å². The second-order valence-electron chi connectivity index (χ2n) is 8.44. The van der Waals surface area contributed by atoms with Crippen LogP contribution in [0.1, 0.15) is 48.4 Å². The molecule has 4 nitrogen and oxygen atoms in total. The van der Waals surface area contributed by atoms with Crippen LogP contribution >= 0.6 is 11.8 Å². The molecule has 4 rings (SSSR count). The summed E-state index contributed by atoms with van der Waals surface area (Å²) in [6.07, 6.45) is 3.19. The highest BCUT2D eigenvalue weighted by Crippen LogP contribution is 2.38. The Labute approximate surface area is 199 Å². The van der Waals surface area contributed by atoms with Crippen LogP contribution in [0.15, 0.2) is 41.3 Å². The van der Waals surface area contributed by atoms with Gasteiger partial charge in [-0.15, -0.1) is 11.8 Å². The molecule has 176 valence electrons. The van der Waals surface area contributed by atoms with E-state index in [1.54, 1.807) is 11.8 Å². The van der Waals surface area contributed by atoms with E-state index < -0.39 is 0 Å². The van der Waals surface area contributed by atoms with E-state index in [-0.39, 0.29) is 0 Å². The number of thioether (sulfide) groups is 1. The number of likely N-dealkylation sites (N-methyl/N-ethyl adjacent to an activating group) is 1. The molecule has 0 aliphatic carbocycles. The molecule has 1 fully saturated rings. The van der Waals surface area contributed by atoms with Gasteiger partial charge in [0.15, 0.2) is 0 Å². The van der Waals surface area contributed by atoms with Gasteiger partial charge >= 0.3 is 0 Å². The first kappa shape index (κ1) is 25.1. The summed E-state index contributed by atoms with van der Waals surface area (Å²) in [5.41, 5.74) is 5.60. The Morgan fingerprint density at radius 3 is 2.47 bits per heavy atom. The van der Waals surface area contributed by atoms with Gasteiger partial charge < -0.3 is 14.4 Å². The predicted molar refractivity (Wildman–Crippen MR) is 136 cm³/mol. The second-order valence-corrected chi connectivity index (χ2v) is 9.31. The summed E-state index contributed by atoms with van der Waals surface area (Å²) in [7, 11) is 2.22. The number of hydrogen-bond acceptors (Lipinski definition) is 5. The van der Waals surface area contributed by atoms with E-state index in [2.05, 4.69) is 66.4 Å². The third kappa shape index (κ3) is 6.28. The highest BCUT2D eigenvalue weighted by Gasteiger charge is 2.27. The van der Waals surface area contributed by atoms with E-state index in [4.69, 9.17) is 9.47 Å². The van der Waals surface area contributed by atoms with E-state index in [0.29, 0.717) is 5.92 Å². The van der Waals surface area contributed by atoms with Crippen LogP contribution in [0.3, 0.4) is 0 Å². The van der Waals surface area contributed by atoms with Gasteiger partial charge in [-0.25, -0.2) is 0 Å². The van der Waals surface area contributed by atoms with Crippen LogP contribution in [-0.2, 0) is 11.3 Å². The SMILES string of the molecule is CC.CSc1ccc(C2CN(C)Cc3c2ccc(OCCCN2CCOCC2)c3C)cc1. The molecule has 0 bridgehead atoms. The summed E-state index contributed by atoms with van der Waals surface area (Å²) in [5, 5.41) is 0. The van der Waals surface area contributed by atoms with E-state index >= 15 is 0 Å². The Morgan fingerprint density at radius 1 is 1.06 bits per heavy atom. The van der Waals surface area contributed by atoms with E-state index in [1.807, 2.05) is 13.8 Å². The smallest absolute Gasteiger partial charge is 0.122 e. The minimum absolute atomic E-state index is 0.420. The maximum absolute atomic E-state index is 6.22. The van der Waals surface area contributed by atoms with Crippen LogP contribution < -0.4 is 4.74 Å². The quantitative estimate of drug-likeness (QED) is 0.409. The molecule has 1 saturated heterocycles. The molecule has 2 heterocycles. The summed E-state index contributed by atoms with van der Waals surface area (Å²) in [5.74, 6) is 1.46. The summed E-state index contributed by atoms with van der Waals surface area (Å²) < 4.78 is 11.6. The normalized spacial score (nSPS) is 19.1. The number of ether oxygens (including phenoxy) is 2. The molecule has 2 aliphatic rings. The molecular weight excluding hydrogens is 416 g/mol. The van der Waals surface area contributed by atoms with E-state index in [1.165, 1.54) is 27.1 Å². The lowest BCUT2D eigenvalue weighted by molar-refractivity contribution is 0.0358. The van der Waals surface area contributed by atoms with Gasteiger partial charge in [-0.2, -0.15) is 0 Å². The zero-order chi connectivity index (χ0) is 22.9. The van der Waals surface area contributed by atoms with Crippen molar-refractivity contribution in [3.05, 3.63) is 58.7 Å². The highest BCUT2D eigenvalue weighted by molar-refractivity contribution is 7.98. The maximum Gasteiger partial charge on any atom is 0.122 e. The van der Waals surface area contributed by atoms with Crippen LogP contribution in [0, 0.1) is 6.92 Å². The van der Waals surface area contributed by atoms with Crippen molar-refractivity contribution in [3.63, 3.8) is 0 Å². The first-order valence-corrected chi connectivity index (χ1v) is 13.3. The monoisotopic (exact) mass is 456 g/mol. The number of hydrogen-bond donors (Lipinski definition) is 0. The maximum atomic E-state index is 6.22. The van der Waals surface area contributed by atoms with E-state index in [9.17, 15) is 0 Å². The lowest BCUT2D eigenvalue weighted by Crippen LogP contribution is -2.37. The number of rotatable bonds is 7. The van der Waals surface area contributed by atoms with Gasteiger partial charge in [0.2, 0.25) is 0 Å². The van der Waals surface area contributed by atoms with Crippen molar-refractivity contribution in [1.82, 2.24) is 9.80 Å². The van der Waals surface area contributed by atoms with Gasteiger partial charge in [0.25, 0.3) is 0 Å². The molecule has 1 atom stereocenters. The van der Waals surface area contributed by atoms with Gasteiger partial charge in [0.05, 0.1) is 19.8 Å². The van der Waals surface area contributed by atoms with Crippen molar-refractivity contribution in [1.29, 1.82) is 0 Å². The van der Waals surface area contributed by atoms with Crippen molar-refractivity contribution in [3.8, 4) is 5.75 Å². The van der Waals surface area contributed by atoms with Crippen molar-refractivity contribution < 1.29 is 9.47 Å². The molecule has 2 aromatic rings. The van der Waals surface area contributed by atoms with Crippen LogP contribution in [-0.4, -0.2) is 69.1 Å². The molecule has 1 unspecified atom stereocenters. The Bertz CT molecular complexity index is 834. The van der Waals surface area contributed by atoms with Crippen LogP contribution in [0.2, 0.25) is 0 Å². The first-order valence-electron chi connectivity index (χ1n) is 12.0. The minimum Gasteiger partial charge on any atom is -0.493 e. The molecule has 0 amide bonds. The van der Waals surface area contributed by atoms with Crippen molar-refractivity contribution >= 4 is 11.8 Å². The van der Waals surface area contributed by atoms with Gasteiger partial charge in [-0.1, -0.05) is 32.0 Å². The summed E-state index contributed by atoms with van der Waals surface area (Å²) >= 11 is 1.80. The Morgan fingerprint density at radius 2 is 1.78 bits per heavy atom. The zero-order valence-electron chi connectivity index (χ0n) is 20.5. The topological polar surface area (TPSA) is 24.9 Å². The Balaban J connectivity index is 0.00000141. The van der Waals surface area contributed by atoms with E-state index in [0.717, 1.165) is 64.7 Å². The average molecular weight is 457 g/mol. The molecular formula is C27H40N2O2S. The fourth-order valence-corrected chi connectivity index (χ4v) is 5.02. The summed E-state index contributed by atoms with van der Waals surface area (Å²) in [4.78, 5) is 6.22. The fraction of sp³-hybridized carbons (Fsp3) is 0.556. The molecule has 0 aromatic heterocycles. The molecule has 0 saturated carbocycles. The summed E-state index contributed by atoms with van der Waals surface area (Å²) in [6, 6.07) is 13.6. The fourth-order valence-electron chi connectivity index (χ4n) is 4.61. The number of benzene rings is 2. The largest absolute Gasteiger partial charge is 0.493 e. The first-order chi connectivity index (χ1) is 15.7. The lowest BCUT2D eigenvalue weighted by Gasteiger charge is -2.34. The molecule has 2 aliphatic heterocycles. The third-order valence-electron chi connectivity index (χ3n) is 6.38. The minimum atomic E-state index is 0.420. The van der Waals surface area contributed by atoms with Gasteiger partial charge in [0.1, 0.15) is 5.75 Å². The zero-order valence-corrected chi connectivity index (χ0v) is 21.3. The van der Waals surface area contributed by atoms with Gasteiger partial charge in [0, 0.05) is 43.5 Å². The standard InChI is InChI=1S/C25H34N2O2S.C2H6/c1-19-23-17-26(2)18-24(20-5-7-21(30-3)8-6-20)22(23)9-10-25(19)29-14-4-11-27-12-15-28-16-13-27;1-2/h5-10,24H,4,11-18H2,1-3H3;1-2H3. The van der Waals surface area contributed by atoms with Gasteiger partial charge in [-0.05, 0) is 67.1 Å². The molecule has 0 N–H and O–H groups in total. The molecule has 5 heteroatoms. The highest BCUT2D eigenvalue weighted by atomic mass is 32.2. The van der Waals surface area contributed by atoms with Gasteiger partial charge in [-0.3, -0.25) is 4.90 Å². The molecule has 32 heavy (non-hydrogen) atoms. The lowest BCUT2D eigenvalue weighted by atomic mass is 9.83. The Kier molecular flexibility index (Phi) is 9.92.